The molecule has 9 heteroatoms. The number of carbonyl (C=O) groups is 2. The molecule has 2 saturated heterocycles. The molecular formula is C21H25F2N5O2. The Balaban J connectivity index is 1.44. The van der Waals surface area contributed by atoms with Crippen LogP contribution in [-0.4, -0.2) is 68.2 Å². The van der Waals surface area contributed by atoms with Crippen LogP contribution >= 0.6 is 0 Å². The summed E-state index contributed by atoms with van der Waals surface area (Å²) in [6.07, 6.45) is 3.06. The van der Waals surface area contributed by atoms with Crippen LogP contribution in [0.3, 0.4) is 0 Å². The summed E-state index contributed by atoms with van der Waals surface area (Å²) in [5.74, 6) is -3.47. The third-order valence-corrected chi connectivity index (χ3v) is 5.72. The molecule has 0 radical (unpaired) electrons. The SMILES string of the molecule is Cc1ccc(CC(=O)N2CC(F)(F)CC2Cn2cc(C(=O)N3CCCC3)nn2)cc1. The van der Waals surface area contributed by atoms with Crippen molar-refractivity contribution in [3.63, 3.8) is 0 Å². The first kappa shape index (κ1) is 20.4. The van der Waals surface area contributed by atoms with Gasteiger partial charge in [-0.2, -0.15) is 0 Å². The van der Waals surface area contributed by atoms with Gasteiger partial charge in [-0.05, 0) is 25.3 Å². The van der Waals surface area contributed by atoms with Crippen LogP contribution in [0.15, 0.2) is 30.5 Å². The molecule has 0 N–H and O–H groups in total. The molecule has 3 heterocycles. The molecule has 2 aliphatic heterocycles. The van der Waals surface area contributed by atoms with Crippen molar-refractivity contribution in [1.29, 1.82) is 0 Å². The van der Waals surface area contributed by atoms with Crippen LogP contribution in [0.2, 0.25) is 0 Å². The van der Waals surface area contributed by atoms with Crippen LogP contribution in [0.25, 0.3) is 0 Å². The Morgan fingerprint density at radius 3 is 2.57 bits per heavy atom. The highest BCUT2D eigenvalue weighted by molar-refractivity contribution is 5.92. The van der Waals surface area contributed by atoms with Gasteiger partial charge in [-0.25, -0.2) is 13.5 Å². The first-order valence-corrected chi connectivity index (χ1v) is 10.2. The van der Waals surface area contributed by atoms with Gasteiger partial charge in [0.05, 0.1) is 31.7 Å². The predicted molar refractivity (Wildman–Crippen MR) is 105 cm³/mol. The summed E-state index contributed by atoms with van der Waals surface area (Å²) in [6.45, 7) is 2.82. The lowest BCUT2D eigenvalue weighted by molar-refractivity contribution is -0.132. The Kier molecular flexibility index (Phi) is 5.53. The molecule has 2 amide bonds. The highest BCUT2D eigenvalue weighted by Crippen LogP contribution is 2.33. The van der Waals surface area contributed by atoms with Gasteiger partial charge in [-0.1, -0.05) is 35.0 Å². The van der Waals surface area contributed by atoms with E-state index in [0.29, 0.717) is 13.1 Å². The number of carbonyl (C=O) groups excluding carboxylic acids is 2. The zero-order chi connectivity index (χ0) is 21.3. The van der Waals surface area contributed by atoms with Crippen molar-refractivity contribution in [3.05, 3.63) is 47.3 Å². The minimum Gasteiger partial charge on any atom is -0.337 e. The zero-order valence-electron chi connectivity index (χ0n) is 16.9. The number of alkyl halides is 2. The van der Waals surface area contributed by atoms with Gasteiger partial charge in [0.25, 0.3) is 11.8 Å². The fraction of sp³-hybridized carbons (Fsp3) is 0.524. The second-order valence-corrected chi connectivity index (χ2v) is 8.22. The van der Waals surface area contributed by atoms with Crippen LogP contribution < -0.4 is 0 Å². The van der Waals surface area contributed by atoms with E-state index in [-0.39, 0.29) is 30.5 Å². The minimum atomic E-state index is -2.94. The van der Waals surface area contributed by atoms with E-state index in [4.69, 9.17) is 0 Å². The molecule has 1 unspecified atom stereocenters. The summed E-state index contributed by atoms with van der Waals surface area (Å²) in [5.41, 5.74) is 2.07. The number of hydrogen-bond acceptors (Lipinski definition) is 4. The molecule has 0 saturated carbocycles. The van der Waals surface area contributed by atoms with Crippen molar-refractivity contribution < 1.29 is 18.4 Å². The summed E-state index contributed by atoms with van der Waals surface area (Å²) in [4.78, 5) is 28.1. The van der Waals surface area contributed by atoms with Gasteiger partial charge in [-0.3, -0.25) is 9.59 Å². The highest BCUT2D eigenvalue weighted by Gasteiger charge is 2.47. The monoisotopic (exact) mass is 417 g/mol. The molecule has 1 aromatic heterocycles. The normalized spacial score (nSPS) is 20.7. The number of rotatable bonds is 5. The van der Waals surface area contributed by atoms with Gasteiger partial charge in [-0.15, -0.1) is 5.10 Å². The standard InChI is InChI=1S/C21H25F2N5O2/c1-15-4-6-16(7-5-15)10-19(29)28-14-21(22,23)11-17(28)12-27-13-18(24-25-27)20(30)26-8-2-3-9-26/h4-7,13,17H,2-3,8-12,14H2,1H3. The lowest BCUT2D eigenvalue weighted by Gasteiger charge is -2.24. The average Bonchev–Trinajstić information content (AvgIpc) is 3.43. The summed E-state index contributed by atoms with van der Waals surface area (Å²) < 4.78 is 29.7. The van der Waals surface area contributed by atoms with E-state index < -0.39 is 24.9 Å². The number of aryl methyl sites for hydroxylation is 1. The van der Waals surface area contributed by atoms with Crippen molar-refractivity contribution >= 4 is 11.8 Å². The number of aromatic nitrogens is 3. The van der Waals surface area contributed by atoms with Gasteiger partial charge in [0, 0.05) is 19.5 Å². The fourth-order valence-electron chi connectivity index (χ4n) is 4.12. The van der Waals surface area contributed by atoms with Crippen molar-refractivity contribution in [2.75, 3.05) is 19.6 Å². The van der Waals surface area contributed by atoms with Crippen LogP contribution in [-0.2, 0) is 17.8 Å². The highest BCUT2D eigenvalue weighted by atomic mass is 19.3. The molecule has 7 nitrogen and oxygen atoms in total. The second kappa shape index (κ2) is 8.12. The third kappa shape index (κ3) is 4.49. The Bertz CT molecular complexity index is 922. The maximum Gasteiger partial charge on any atom is 0.276 e. The van der Waals surface area contributed by atoms with E-state index in [1.54, 1.807) is 4.90 Å². The van der Waals surface area contributed by atoms with E-state index >= 15 is 0 Å². The van der Waals surface area contributed by atoms with E-state index in [2.05, 4.69) is 10.3 Å². The average molecular weight is 417 g/mol. The first-order chi connectivity index (χ1) is 14.3. The maximum absolute atomic E-state index is 14.1. The zero-order valence-corrected chi connectivity index (χ0v) is 16.9. The molecule has 30 heavy (non-hydrogen) atoms. The maximum atomic E-state index is 14.1. The Morgan fingerprint density at radius 2 is 1.87 bits per heavy atom. The number of nitrogens with zero attached hydrogens (tertiary/aromatic N) is 5. The quantitative estimate of drug-likeness (QED) is 0.749. The molecule has 2 aromatic rings. The molecule has 0 spiro atoms. The number of likely N-dealkylation sites (tertiary alicyclic amines) is 2. The lowest BCUT2D eigenvalue weighted by Crippen LogP contribution is -2.39. The van der Waals surface area contributed by atoms with Crippen molar-refractivity contribution in [1.82, 2.24) is 24.8 Å². The largest absolute Gasteiger partial charge is 0.337 e. The van der Waals surface area contributed by atoms with Crippen LogP contribution in [0.5, 0.6) is 0 Å². The summed E-state index contributed by atoms with van der Waals surface area (Å²) in [6, 6.07) is 6.77. The van der Waals surface area contributed by atoms with E-state index in [1.807, 2.05) is 31.2 Å². The predicted octanol–water partition coefficient (Wildman–Crippen LogP) is 2.30. The molecule has 1 atom stereocenters. The van der Waals surface area contributed by atoms with Gasteiger partial charge in [0.1, 0.15) is 0 Å². The lowest BCUT2D eigenvalue weighted by atomic mass is 10.1. The van der Waals surface area contributed by atoms with Crippen molar-refractivity contribution in [3.8, 4) is 0 Å². The molecule has 160 valence electrons. The fourth-order valence-corrected chi connectivity index (χ4v) is 4.12. The number of halogens is 2. The second-order valence-electron chi connectivity index (χ2n) is 8.22. The summed E-state index contributed by atoms with van der Waals surface area (Å²) in [7, 11) is 0. The Morgan fingerprint density at radius 1 is 1.17 bits per heavy atom. The minimum absolute atomic E-state index is 0.0723. The van der Waals surface area contributed by atoms with Gasteiger partial charge >= 0.3 is 0 Å². The van der Waals surface area contributed by atoms with Gasteiger partial charge in [0.2, 0.25) is 5.91 Å². The third-order valence-electron chi connectivity index (χ3n) is 5.72. The van der Waals surface area contributed by atoms with Gasteiger partial charge in [0.15, 0.2) is 5.69 Å². The van der Waals surface area contributed by atoms with Crippen LogP contribution in [0, 0.1) is 6.92 Å². The van der Waals surface area contributed by atoms with Crippen molar-refractivity contribution in [2.24, 2.45) is 0 Å². The van der Waals surface area contributed by atoms with Crippen molar-refractivity contribution in [2.45, 2.75) is 51.1 Å². The van der Waals surface area contributed by atoms with Crippen LogP contribution in [0.4, 0.5) is 8.78 Å². The first-order valence-electron chi connectivity index (χ1n) is 10.2. The molecule has 0 bridgehead atoms. The van der Waals surface area contributed by atoms with E-state index in [1.165, 1.54) is 15.8 Å². The molecular weight excluding hydrogens is 392 g/mol. The van der Waals surface area contributed by atoms with Crippen LogP contribution in [0.1, 0.15) is 40.9 Å². The molecule has 1 aromatic carbocycles. The topological polar surface area (TPSA) is 71.3 Å². The summed E-state index contributed by atoms with van der Waals surface area (Å²) >= 11 is 0. The number of benzene rings is 1. The van der Waals surface area contributed by atoms with E-state index in [9.17, 15) is 18.4 Å². The Labute approximate surface area is 173 Å². The molecule has 2 aliphatic rings. The Hall–Kier alpha value is -2.84. The van der Waals surface area contributed by atoms with Gasteiger partial charge < -0.3 is 9.80 Å². The number of hydrogen-bond donors (Lipinski definition) is 0. The summed E-state index contributed by atoms with van der Waals surface area (Å²) in [5, 5.41) is 7.86. The molecule has 2 fully saturated rings. The molecule has 4 rings (SSSR count). The molecule has 0 aliphatic carbocycles. The smallest absolute Gasteiger partial charge is 0.276 e. The van der Waals surface area contributed by atoms with E-state index in [0.717, 1.165) is 24.0 Å². The number of amides is 2.